The van der Waals surface area contributed by atoms with Crippen molar-refractivity contribution >= 4 is 17.7 Å². The number of anilines is 1. The standard InChI is InChI=1S/C18H27N5O2/c24-17(20-14-5-2-1-3-6-14)21-15-8-11-23(12-9-15)18(25)22-16-7-4-10-19-13-16/h4,7,10,13-15H,1-3,5-6,8-9,11-12H2,(H,22,25)(H2,20,21,24). The van der Waals surface area contributed by atoms with Crippen LogP contribution in [0.1, 0.15) is 44.9 Å². The van der Waals surface area contributed by atoms with Crippen LogP contribution < -0.4 is 16.0 Å². The molecule has 0 unspecified atom stereocenters. The average molecular weight is 345 g/mol. The van der Waals surface area contributed by atoms with Gasteiger partial charge in [-0.1, -0.05) is 19.3 Å². The van der Waals surface area contributed by atoms with E-state index in [9.17, 15) is 9.59 Å². The second kappa shape index (κ2) is 8.69. The Labute approximate surface area is 148 Å². The summed E-state index contributed by atoms with van der Waals surface area (Å²) in [6.07, 6.45) is 10.7. The maximum absolute atomic E-state index is 12.2. The second-order valence-electron chi connectivity index (χ2n) is 6.89. The minimum Gasteiger partial charge on any atom is -0.335 e. The maximum Gasteiger partial charge on any atom is 0.321 e. The molecule has 0 bridgehead atoms. The number of likely N-dealkylation sites (tertiary alicyclic amines) is 1. The SMILES string of the molecule is O=C(NC1CCCCC1)NC1CCN(C(=O)Nc2cccnc2)CC1. The van der Waals surface area contributed by atoms with Crippen molar-refractivity contribution < 1.29 is 9.59 Å². The van der Waals surface area contributed by atoms with Crippen molar-refractivity contribution in [3.05, 3.63) is 24.5 Å². The van der Waals surface area contributed by atoms with Crippen molar-refractivity contribution in [3.8, 4) is 0 Å². The minimum atomic E-state index is -0.113. The average Bonchev–Trinajstić information content (AvgIpc) is 2.64. The number of rotatable bonds is 3. The first-order valence-corrected chi connectivity index (χ1v) is 9.24. The van der Waals surface area contributed by atoms with Crippen LogP contribution in [0.25, 0.3) is 0 Å². The highest BCUT2D eigenvalue weighted by atomic mass is 16.2. The van der Waals surface area contributed by atoms with E-state index >= 15 is 0 Å². The van der Waals surface area contributed by atoms with Gasteiger partial charge in [-0.2, -0.15) is 0 Å². The molecule has 1 saturated heterocycles. The molecule has 2 heterocycles. The van der Waals surface area contributed by atoms with Crippen molar-refractivity contribution in [2.75, 3.05) is 18.4 Å². The van der Waals surface area contributed by atoms with Gasteiger partial charge in [0.15, 0.2) is 0 Å². The van der Waals surface area contributed by atoms with Crippen LogP contribution in [0.3, 0.4) is 0 Å². The Hall–Kier alpha value is -2.31. The van der Waals surface area contributed by atoms with Gasteiger partial charge in [0.1, 0.15) is 0 Å². The summed E-state index contributed by atoms with van der Waals surface area (Å²) < 4.78 is 0. The van der Waals surface area contributed by atoms with Crippen LogP contribution >= 0.6 is 0 Å². The highest BCUT2D eigenvalue weighted by molar-refractivity contribution is 5.89. The lowest BCUT2D eigenvalue weighted by molar-refractivity contribution is 0.186. The Balaban J connectivity index is 1.37. The van der Waals surface area contributed by atoms with Gasteiger partial charge >= 0.3 is 12.1 Å². The summed E-state index contributed by atoms with van der Waals surface area (Å²) in [4.78, 5) is 30.1. The molecule has 7 heteroatoms. The monoisotopic (exact) mass is 345 g/mol. The summed E-state index contributed by atoms with van der Waals surface area (Å²) in [5.41, 5.74) is 0.694. The van der Waals surface area contributed by atoms with E-state index < -0.39 is 0 Å². The van der Waals surface area contributed by atoms with E-state index in [4.69, 9.17) is 0 Å². The molecule has 0 spiro atoms. The number of amides is 4. The molecule has 2 fully saturated rings. The molecular weight excluding hydrogens is 318 g/mol. The molecule has 25 heavy (non-hydrogen) atoms. The number of carbonyl (C=O) groups excluding carboxylic acids is 2. The van der Waals surface area contributed by atoms with Gasteiger partial charge in [-0.15, -0.1) is 0 Å². The quantitative estimate of drug-likeness (QED) is 0.787. The van der Waals surface area contributed by atoms with Crippen LogP contribution in [-0.4, -0.2) is 47.1 Å². The van der Waals surface area contributed by atoms with Gasteiger partial charge in [-0.25, -0.2) is 9.59 Å². The Morgan fingerprint density at radius 3 is 2.32 bits per heavy atom. The van der Waals surface area contributed by atoms with Crippen molar-refractivity contribution in [2.45, 2.75) is 57.0 Å². The Morgan fingerprint density at radius 2 is 1.68 bits per heavy atom. The van der Waals surface area contributed by atoms with E-state index in [1.54, 1.807) is 23.4 Å². The fraction of sp³-hybridized carbons (Fsp3) is 0.611. The molecule has 3 rings (SSSR count). The number of hydrogen-bond acceptors (Lipinski definition) is 3. The van der Waals surface area contributed by atoms with E-state index in [1.165, 1.54) is 19.3 Å². The molecule has 0 aromatic carbocycles. The van der Waals surface area contributed by atoms with E-state index in [1.807, 2.05) is 6.07 Å². The summed E-state index contributed by atoms with van der Waals surface area (Å²) in [6, 6.07) is 3.87. The molecule has 1 aromatic heterocycles. The number of aromatic nitrogens is 1. The van der Waals surface area contributed by atoms with Crippen molar-refractivity contribution in [1.29, 1.82) is 0 Å². The fourth-order valence-electron chi connectivity index (χ4n) is 3.53. The van der Waals surface area contributed by atoms with Crippen molar-refractivity contribution in [2.24, 2.45) is 0 Å². The zero-order valence-corrected chi connectivity index (χ0v) is 14.5. The van der Waals surface area contributed by atoms with Crippen LogP contribution in [0, 0.1) is 0 Å². The van der Waals surface area contributed by atoms with E-state index in [2.05, 4.69) is 20.9 Å². The highest BCUT2D eigenvalue weighted by Crippen LogP contribution is 2.17. The predicted octanol–water partition coefficient (Wildman–Crippen LogP) is 2.71. The molecule has 2 aliphatic rings. The van der Waals surface area contributed by atoms with Crippen molar-refractivity contribution in [3.63, 3.8) is 0 Å². The first kappa shape index (κ1) is 17.5. The van der Waals surface area contributed by atoms with Crippen LogP contribution in [0.2, 0.25) is 0 Å². The fourth-order valence-corrected chi connectivity index (χ4v) is 3.53. The third-order valence-electron chi connectivity index (χ3n) is 4.97. The molecule has 0 atom stereocenters. The van der Waals surface area contributed by atoms with Crippen LogP contribution in [0.5, 0.6) is 0 Å². The van der Waals surface area contributed by atoms with Gasteiger partial charge in [0.05, 0.1) is 11.9 Å². The molecule has 1 aliphatic carbocycles. The molecule has 3 N–H and O–H groups in total. The number of urea groups is 2. The predicted molar refractivity (Wildman–Crippen MR) is 96.4 cm³/mol. The number of carbonyl (C=O) groups is 2. The highest BCUT2D eigenvalue weighted by Gasteiger charge is 2.24. The van der Waals surface area contributed by atoms with E-state index in [-0.39, 0.29) is 18.1 Å². The zero-order chi connectivity index (χ0) is 17.5. The van der Waals surface area contributed by atoms with Gasteiger partial charge in [-0.05, 0) is 37.8 Å². The lowest BCUT2D eigenvalue weighted by Gasteiger charge is -2.33. The van der Waals surface area contributed by atoms with E-state index in [0.29, 0.717) is 24.8 Å². The normalized spacial score (nSPS) is 19.3. The molecule has 1 aliphatic heterocycles. The first-order valence-electron chi connectivity index (χ1n) is 9.24. The molecule has 1 aromatic rings. The number of hydrogen-bond donors (Lipinski definition) is 3. The number of pyridine rings is 1. The molecule has 0 radical (unpaired) electrons. The van der Waals surface area contributed by atoms with Gasteiger partial charge in [0.25, 0.3) is 0 Å². The van der Waals surface area contributed by atoms with Crippen molar-refractivity contribution in [1.82, 2.24) is 20.5 Å². The zero-order valence-electron chi connectivity index (χ0n) is 14.5. The largest absolute Gasteiger partial charge is 0.335 e. The number of nitrogens with one attached hydrogen (secondary N) is 3. The summed E-state index contributed by atoms with van der Waals surface area (Å²) >= 11 is 0. The summed E-state index contributed by atoms with van der Waals surface area (Å²) in [7, 11) is 0. The topological polar surface area (TPSA) is 86.4 Å². The molecule has 1 saturated carbocycles. The van der Waals surface area contributed by atoms with Gasteiger partial charge in [0, 0.05) is 31.4 Å². The lowest BCUT2D eigenvalue weighted by Crippen LogP contribution is -2.51. The Morgan fingerprint density at radius 1 is 1.00 bits per heavy atom. The summed E-state index contributed by atoms with van der Waals surface area (Å²) in [5, 5.41) is 8.99. The third kappa shape index (κ3) is 5.34. The van der Waals surface area contributed by atoms with E-state index in [0.717, 1.165) is 25.7 Å². The smallest absolute Gasteiger partial charge is 0.321 e. The third-order valence-corrected chi connectivity index (χ3v) is 4.97. The molecule has 4 amide bonds. The maximum atomic E-state index is 12.2. The summed E-state index contributed by atoms with van der Waals surface area (Å²) in [5.74, 6) is 0. The minimum absolute atomic E-state index is 0.0647. The molecule has 136 valence electrons. The van der Waals surface area contributed by atoms with Crippen LogP contribution in [-0.2, 0) is 0 Å². The molecular formula is C18H27N5O2. The van der Waals surface area contributed by atoms with Gasteiger partial charge in [0.2, 0.25) is 0 Å². The van der Waals surface area contributed by atoms with Crippen LogP contribution in [0.4, 0.5) is 15.3 Å². The van der Waals surface area contributed by atoms with Gasteiger partial charge in [-0.3, -0.25) is 4.98 Å². The number of nitrogens with zero attached hydrogens (tertiary/aromatic N) is 2. The second-order valence-corrected chi connectivity index (χ2v) is 6.89. The van der Waals surface area contributed by atoms with Gasteiger partial charge < -0.3 is 20.9 Å². The number of piperidine rings is 1. The molecule has 7 nitrogen and oxygen atoms in total. The Bertz CT molecular complexity index is 566. The summed E-state index contributed by atoms with van der Waals surface area (Å²) in [6.45, 7) is 1.28. The Kier molecular flexibility index (Phi) is 6.09. The first-order chi connectivity index (χ1) is 12.2. The lowest BCUT2D eigenvalue weighted by atomic mass is 9.96. The van der Waals surface area contributed by atoms with Crippen LogP contribution in [0.15, 0.2) is 24.5 Å².